The SMILES string of the molecule is NC(=S)c1cn[nH]c1NC(=O)C1CCCc2ccccc21. The number of aromatic nitrogens is 2. The zero-order valence-corrected chi connectivity index (χ0v) is 12.2. The highest BCUT2D eigenvalue weighted by molar-refractivity contribution is 7.80. The molecule has 108 valence electrons. The number of aryl methyl sites for hydroxylation is 1. The summed E-state index contributed by atoms with van der Waals surface area (Å²) in [5, 5.41) is 9.47. The lowest BCUT2D eigenvalue weighted by molar-refractivity contribution is -0.117. The molecule has 0 radical (unpaired) electrons. The Morgan fingerprint density at radius 1 is 1.43 bits per heavy atom. The fourth-order valence-corrected chi connectivity index (χ4v) is 2.96. The maximum atomic E-state index is 12.6. The van der Waals surface area contributed by atoms with E-state index in [1.54, 1.807) is 0 Å². The standard InChI is InChI=1S/C15H16N4OS/c16-13(21)12-8-17-19-14(12)18-15(20)11-7-3-5-9-4-1-2-6-10(9)11/h1-2,4,6,8,11H,3,5,7H2,(H2,16,21)(H2,17,18,19,20). The van der Waals surface area contributed by atoms with Crippen molar-refractivity contribution < 1.29 is 4.79 Å². The quantitative estimate of drug-likeness (QED) is 0.758. The van der Waals surface area contributed by atoms with Crippen LogP contribution in [0.15, 0.2) is 30.5 Å². The lowest BCUT2D eigenvalue weighted by atomic mass is 9.82. The molecule has 6 heteroatoms. The summed E-state index contributed by atoms with van der Waals surface area (Å²) in [4.78, 5) is 12.8. The number of nitrogens with one attached hydrogen (secondary N) is 2. The molecule has 1 aliphatic rings. The molecule has 21 heavy (non-hydrogen) atoms. The molecule has 1 aromatic heterocycles. The van der Waals surface area contributed by atoms with Crippen LogP contribution < -0.4 is 11.1 Å². The van der Waals surface area contributed by atoms with E-state index < -0.39 is 0 Å². The number of nitrogens with two attached hydrogens (primary N) is 1. The monoisotopic (exact) mass is 300 g/mol. The molecular weight excluding hydrogens is 284 g/mol. The summed E-state index contributed by atoms with van der Waals surface area (Å²) < 4.78 is 0. The van der Waals surface area contributed by atoms with Gasteiger partial charge in [0.25, 0.3) is 0 Å². The van der Waals surface area contributed by atoms with Crippen LogP contribution in [-0.2, 0) is 11.2 Å². The zero-order chi connectivity index (χ0) is 14.8. The smallest absolute Gasteiger partial charge is 0.233 e. The third kappa shape index (κ3) is 2.67. The Balaban J connectivity index is 1.84. The highest BCUT2D eigenvalue weighted by atomic mass is 32.1. The van der Waals surface area contributed by atoms with Crippen LogP contribution in [0.2, 0.25) is 0 Å². The molecule has 0 spiro atoms. The number of aromatic amines is 1. The van der Waals surface area contributed by atoms with E-state index in [0.29, 0.717) is 11.4 Å². The van der Waals surface area contributed by atoms with Gasteiger partial charge >= 0.3 is 0 Å². The maximum absolute atomic E-state index is 12.6. The second-order valence-corrected chi connectivity index (χ2v) is 5.60. The molecular formula is C15H16N4OS. The Morgan fingerprint density at radius 3 is 3.05 bits per heavy atom. The van der Waals surface area contributed by atoms with Crippen molar-refractivity contribution in [3.63, 3.8) is 0 Å². The van der Waals surface area contributed by atoms with Gasteiger partial charge in [-0.3, -0.25) is 9.89 Å². The van der Waals surface area contributed by atoms with Crippen LogP contribution in [0.4, 0.5) is 5.82 Å². The minimum Gasteiger partial charge on any atom is -0.389 e. The largest absolute Gasteiger partial charge is 0.389 e. The number of carbonyl (C=O) groups excluding carboxylic acids is 1. The maximum Gasteiger partial charge on any atom is 0.233 e. The number of amides is 1. The van der Waals surface area contributed by atoms with E-state index in [-0.39, 0.29) is 16.8 Å². The van der Waals surface area contributed by atoms with Gasteiger partial charge in [0.1, 0.15) is 10.8 Å². The third-order valence-corrected chi connectivity index (χ3v) is 4.06. The molecule has 5 nitrogen and oxygen atoms in total. The molecule has 0 aliphatic heterocycles. The first-order chi connectivity index (χ1) is 10.2. The van der Waals surface area contributed by atoms with Crippen LogP contribution in [0.5, 0.6) is 0 Å². The molecule has 0 saturated heterocycles. The predicted molar refractivity (Wildman–Crippen MR) is 85.2 cm³/mol. The van der Waals surface area contributed by atoms with Gasteiger partial charge in [0.2, 0.25) is 5.91 Å². The fraction of sp³-hybridized carbons (Fsp3) is 0.267. The van der Waals surface area contributed by atoms with Crippen molar-refractivity contribution in [1.29, 1.82) is 0 Å². The van der Waals surface area contributed by atoms with Crippen LogP contribution in [0, 0.1) is 0 Å². The van der Waals surface area contributed by atoms with Gasteiger partial charge in [0.15, 0.2) is 0 Å². The summed E-state index contributed by atoms with van der Waals surface area (Å²) in [6.07, 6.45) is 4.41. The zero-order valence-electron chi connectivity index (χ0n) is 11.4. The highest BCUT2D eigenvalue weighted by Crippen LogP contribution is 2.32. The number of nitrogens with zero attached hydrogens (tertiary/aromatic N) is 1. The van der Waals surface area contributed by atoms with Crippen molar-refractivity contribution >= 4 is 28.9 Å². The summed E-state index contributed by atoms with van der Waals surface area (Å²) in [7, 11) is 0. The van der Waals surface area contributed by atoms with E-state index in [9.17, 15) is 4.79 Å². The molecule has 1 heterocycles. The average molecular weight is 300 g/mol. The lowest BCUT2D eigenvalue weighted by Crippen LogP contribution is -2.26. The number of hydrogen-bond acceptors (Lipinski definition) is 3. The van der Waals surface area contributed by atoms with E-state index in [0.717, 1.165) is 24.8 Å². The number of fused-ring (bicyclic) bond motifs is 1. The molecule has 1 unspecified atom stereocenters. The molecule has 3 rings (SSSR count). The Morgan fingerprint density at radius 2 is 2.24 bits per heavy atom. The van der Waals surface area contributed by atoms with Gasteiger partial charge in [0, 0.05) is 0 Å². The molecule has 0 fully saturated rings. The van der Waals surface area contributed by atoms with Crippen molar-refractivity contribution in [2.45, 2.75) is 25.2 Å². The number of benzene rings is 1. The summed E-state index contributed by atoms with van der Waals surface area (Å²) >= 11 is 4.94. The fourth-order valence-electron chi connectivity index (χ4n) is 2.80. The van der Waals surface area contributed by atoms with E-state index in [1.807, 2.05) is 18.2 Å². The minimum absolute atomic E-state index is 0.0519. The molecule has 1 aromatic carbocycles. The van der Waals surface area contributed by atoms with E-state index in [2.05, 4.69) is 21.6 Å². The Labute approximate surface area is 127 Å². The first-order valence-corrected chi connectivity index (χ1v) is 7.29. The van der Waals surface area contributed by atoms with E-state index in [4.69, 9.17) is 18.0 Å². The normalized spacial score (nSPS) is 17.0. The number of thiocarbonyl (C=S) groups is 1. The Bertz CT molecular complexity index is 694. The van der Waals surface area contributed by atoms with E-state index >= 15 is 0 Å². The van der Waals surface area contributed by atoms with Gasteiger partial charge in [-0.05, 0) is 30.4 Å². The lowest BCUT2D eigenvalue weighted by Gasteiger charge is -2.24. The predicted octanol–water partition coefficient (Wildman–Crippen LogP) is 2.10. The van der Waals surface area contributed by atoms with Crippen molar-refractivity contribution in [3.05, 3.63) is 47.2 Å². The summed E-state index contributed by atoms with van der Waals surface area (Å²) in [6.45, 7) is 0. The van der Waals surface area contributed by atoms with Gasteiger partial charge in [-0.15, -0.1) is 0 Å². The number of hydrogen-bond donors (Lipinski definition) is 3. The van der Waals surface area contributed by atoms with Gasteiger partial charge in [-0.1, -0.05) is 36.5 Å². The van der Waals surface area contributed by atoms with E-state index in [1.165, 1.54) is 11.8 Å². The third-order valence-electron chi connectivity index (χ3n) is 3.84. The number of rotatable bonds is 3. The van der Waals surface area contributed by atoms with Crippen molar-refractivity contribution in [1.82, 2.24) is 10.2 Å². The van der Waals surface area contributed by atoms with Crippen LogP contribution in [0.25, 0.3) is 0 Å². The first-order valence-electron chi connectivity index (χ1n) is 6.88. The average Bonchev–Trinajstić information content (AvgIpc) is 2.95. The molecule has 0 saturated carbocycles. The van der Waals surface area contributed by atoms with Crippen LogP contribution in [0.3, 0.4) is 0 Å². The first kappa shape index (κ1) is 13.8. The Hall–Kier alpha value is -2.21. The summed E-state index contributed by atoms with van der Waals surface area (Å²) in [5.41, 5.74) is 8.53. The summed E-state index contributed by atoms with van der Waals surface area (Å²) in [5.74, 6) is 0.275. The summed E-state index contributed by atoms with van der Waals surface area (Å²) in [6, 6.07) is 8.10. The van der Waals surface area contributed by atoms with Gasteiger partial charge in [0.05, 0.1) is 17.7 Å². The molecule has 1 aliphatic carbocycles. The molecule has 0 bridgehead atoms. The van der Waals surface area contributed by atoms with Crippen LogP contribution in [0.1, 0.15) is 35.4 Å². The minimum atomic E-state index is -0.141. The number of H-pyrrole nitrogens is 1. The van der Waals surface area contributed by atoms with Crippen molar-refractivity contribution in [2.24, 2.45) is 5.73 Å². The van der Waals surface area contributed by atoms with Crippen molar-refractivity contribution in [3.8, 4) is 0 Å². The van der Waals surface area contributed by atoms with Gasteiger partial charge < -0.3 is 11.1 Å². The Kier molecular flexibility index (Phi) is 3.70. The number of anilines is 1. The van der Waals surface area contributed by atoms with Crippen LogP contribution in [-0.4, -0.2) is 21.1 Å². The van der Waals surface area contributed by atoms with Crippen LogP contribution >= 0.6 is 12.2 Å². The molecule has 1 amide bonds. The highest BCUT2D eigenvalue weighted by Gasteiger charge is 2.27. The molecule has 4 N–H and O–H groups in total. The second kappa shape index (κ2) is 5.65. The molecule has 2 aromatic rings. The molecule has 1 atom stereocenters. The topological polar surface area (TPSA) is 83.8 Å². The van der Waals surface area contributed by atoms with Crippen molar-refractivity contribution in [2.75, 3.05) is 5.32 Å². The van der Waals surface area contributed by atoms with Gasteiger partial charge in [-0.2, -0.15) is 5.10 Å². The number of carbonyl (C=O) groups is 1. The second-order valence-electron chi connectivity index (χ2n) is 5.16. The van der Waals surface area contributed by atoms with Gasteiger partial charge in [-0.25, -0.2) is 0 Å².